The quantitative estimate of drug-likeness (QED) is 0.761. The molecule has 1 atom stereocenters. The van der Waals surface area contributed by atoms with Crippen molar-refractivity contribution in [1.82, 2.24) is 14.9 Å². The molecule has 2 aliphatic heterocycles. The van der Waals surface area contributed by atoms with Crippen molar-refractivity contribution < 1.29 is 0 Å². The second-order valence-corrected chi connectivity index (χ2v) is 5.19. The van der Waals surface area contributed by atoms with E-state index in [2.05, 4.69) is 19.8 Å². The zero-order valence-corrected chi connectivity index (χ0v) is 10.4. The average molecular weight is 235 g/mol. The molecular formula is C12H21N5. The molecule has 2 saturated heterocycles. The van der Waals surface area contributed by atoms with Crippen LogP contribution in [0.3, 0.4) is 0 Å². The van der Waals surface area contributed by atoms with Gasteiger partial charge >= 0.3 is 0 Å². The van der Waals surface area contributed by atoms with Crippen molar-refractivity contribution in [3.63, 3.8) is 0 Å². The monoisotopic (exact) mass is 235 g/mol. The fraction of sp³-hybridized carbons (Fsp3) is 0.750. The lowest BCUT2D eigenvalue weighted by Crippen LogP contribution is -2.37. The van der Waals surface area contributed by atoms with Crippen LogP contribution in [0, 0.1) is 6.92 Å². The second kappa shape index (κ2) is 4.22. The number of nitrogens with one attached hydrogen (secondary N) is 1. The van der Waals surface area contributed by atoms with Gasteiger partial charge in [-0.3, -0.25) is 4.90 Å². The first-order valence-corrected chi connectivity index (χ1v) is 6.55. The molecule has 3 N–H and O–H groups in total. The highest BCUT2D eigenvalue weighted by Gasteiger charge is 2.30. The van der Waals surface area contributed by atoms with Crippen molar-refractivity contribution in [3.8, 4) is 0 Å². The Morgan fingerprint density at radius 3 is 2.88 bits per heavy atom. The van der Waals surface area contributed by atoms with Gasteiger partial charge in [-0.2, -0.15) is 0 Å². The fourth-order valence-electron chi connectivity index (χ4n) is 3.14. The van der Waals surface area contributed by atoms with Crippen LogP contribution in [0.15, 0.2) is 0 Å². The molecule has 0 saturated carbocycles. The van der Waals surface area contributed by atoms with E-state index in [1.165, 1.54) is 32.4 Å². The van der Waals surface area contributed by atoms with Gasteiger partial charge in [0.2, 0.25) is 0 Å². The van der Waals surface area contributed by atoms with Crippen LogP contribution in [0.1, 0.15) is 25.1 Å². The predicted molar refractivity (Wildman–Crippen MR) is 69.2 cm³/mol. The summed E-state index contributed by atoms with van der Waals surface area (Å²) in [5, 5.41) is 0. The lowest BCUT2D eigenvalue weighted by molar-refractivity contribution is 0.273. The Kier molecular flexibility index (Phi) is 2.70. The molecule has 5 heteroatoms. The summed E-state index contributed by atoms with van der Waals surface area (Å²) in [4.78, 5) is 12.6. The maximum absolute atomic E-state index is 5.99. The van der Waals surface area contributed by atoms with Gasteiger partial charge in [0.05, 0.1) is 0 Å². The molecule has 3 rings (SSSR count). The summed E-state index contributed by atoms with van der Waals surface area (Å²) in [6.45, 7) is 6.60. The minimum atomic E-state index is 0.703. The van der Waals surface area contributed by atoms with Crippen LogP contribution in [-0.4, -0.2) is 47.1 Å². The van der Waals surface area contributed by atoms with Crippen LogP contribution in [0.2, 0.25) is 0 Å². The first-order valence-electron chi connectivity index (χ1n) is 6.55. The van der Waals surface area contributed by atoms with Crippen molar-refractivity contribution in [1.29, 1.82) is 0 Å². The number of aryl methyl sites for hydroxylation is 1. The molecule has 1 aromatic heterocycles. The minimum absolute atomic E-state index is 0.703. The van der Waals surface area contributed by atoms with E-state index in [1.54, 1.807) is 0 Å². The first kappa shape index (κ1) is 10.9. The van der Waals surface area contributed by atoms with E-state index in [0.29, 0.717) is 11.9 Å². The van der Waals surface area contributed by atoms with E-state index in [4.69, 9.17) is 5.73 Å². The highest BCUT2D eigenvalue weighted by Crippen LogP contribution is 2.26. The third-order valence-corrected chi connectivity index (χ3v) is 3.93. The number of nitrogen functional groups attached to an aromatic ring is 1. The third-order valence-electron chi connectivity index (χ3n) is 3.93. The summed E-state index contributed by atoms with van der Waals surface area (Å²) in [5.74, 6) is 2.58. The van der Waals surface area contributed by atoms with Crippen LogP contribution in [0.25, 0.3) is 0 Å². The lowest BCUT2D eigenvalue weighted by Gasteiger charge is -2.25. The van der Waals surface area contributed by atoms with Crippen LogP contribution in [-0.2, 0) is 0 Å². The molecule has 94 valence electrons. The number of hydrogen-bond donors (Lipinski definition) is 2. The van der Waals surface area contributed by atoms with Gasteiger partial charge in [0, 0.05) is 25.7 Å². The summed E-state index contributed by atoms with van der Waals surface area (Å²) < 4.78 is 0. The summed E-state index contributed by atoms with van der Waals surface area (Å²) in [6, 6.07) is 0.703. The number of nitrogens with two attached hydrogens (primary N) is 1. The molecule has 0 aliphatic carbocycles. The molecule has 0 radical (unpaired) electrons. The Morgan fingerprint density at radius 2 is 2.12 bits per heavy atom. The van der Waals surface area contributed by atoms with Gasteiger partial charge in [0.25, 0.3) is 0 Å². The number of anilines is 2. The first-order chi connectivity index (χ1) is 8.24. The standard InChI is InChI=1S/C12H21N5/c1-9-14-11(13)12(15-9)17-7-3-6-16-5-2-4-10(16)8-17/h10H,2-8,13H2,1H3,(H,14,15). The predicted octanol–water partition coefficient (Wildman–Crippen LogP) is 0.975. The molecule has 0 bridgehead atoms. The van der Waals surface area contributed by atoms with Crippen molar-refractivity contribution in [2.75, 3.05) is 36.8 Å². The summed E-state index contributed by atoms with van der Waals surface area (Å²) in [7, 11) is 0. The Bertz CT molecular complexity index is 400. The zero-order valence-electron chi connectivity index (χ0n) is 10.4. The molecular weight excluding hydrogens is 214 g/mol. The Morgan fingerprint density at radius 1 is 1.29 bits per heavy atom. The van der Waals surface area contributed by atoms with E-state index in [-0.39, 0.29) is 0 Å². The van der Waals surface area contributed by atoms with Gasteiger partial charge in [-0.25, -0.2) is 4.98 Å². The number of fused-ring (bicyclic) bond motifs is 1. The number of aromatic nitrogens is 2. The largest absolute Gasteiger partial charge is 0.382 e. The van der Waals surface area contributed by atoms with Crippen LogP contribution in [0.4, 0.5) is 11.6 Å². The molecule has 0 aromatic carbocycles. The van der Waals surface area contributed by atoms with Gasteiger partial charge in [-0.15, -0.1) is 0 Å². The number of aromatic amines is 1. The highest BCUT2D eigenvalue weighted by atomic mass is 15.3. The van der Waals surface area contributed by atoms with Crippen LogP contribution in [0.5, 0.6) is 0 Å². The Balaban J connectivity index is 1.81. The van der Waals surface area contributed by atoms with E-state index >= 15 is 0 Å². The summed E-state index contributed by atoms with van der Waals surface area (Å²) >= 11 is 0. The number of nitrogens with zero attached hydrogens (tertiary/aromatic N) is 3. The molecule has 1 unspecified atom stereocenters. The topological polar surface area (TPSA) is 61.2 Å². The molecule has 2 aliphatic rings. The Hall–Kier alpha value is -1.23. The van der Waals surface area contributed by atoms with E-state index in [9.17, 15) is 0 Å². The highest BCUT2D eigenvalue weighted by molar-refractivity contribution is 5.59. The summed E-state index contributed by atoms with van der Waals surface area (Å²) in [6.07, 6.45) is 3.87. The average Bonchev–Trinajstić information content (AvgIpc) is 2.80. The van der Waals surface area contributed by atoms with Crippen LogP contribution < -0.4 is 10.6 Å². The number of imidazole rings is 1. The number of hydrogen-bond acceptors (Lipinski definition) is 4. The maximum atomic E-state index is 5.99. The van der Waals surface area contributed by atoms with E-state index in [0.717, 1.165) is 24.7 Å². The molecule has 2 fully saturated rings. The molecule has 0 spiro atoms. The normalized spacial score (nSPS) is 25.9. The van der Waals surface area contributed by atoms with Crippen LogP contribution >= 0.6 is 0 Å². The number of rotatable bonds is 1. The fourth-order valence-corrected chi connectivity index (χ4v) is 3.14. The maximum Gasteiger partial charge on any atom is 0.171 e. The minimum Gasteiger partial charge on any atom is -0.382 e. The summed E-state index contributed by atoms with van der Waals surface area (Å²) in [5.41, 5.74) is 5.99. The molecule has 0 amide bonds. The smallest absolute Gasteiger partial charge is 0.171 e. The number of H-pyrrole nitrogens is 1. The third kappa shape index (κ3) is 1.99. The van der Waals surface area contributed by atoms with E-state index in [1.807, 2.05) is 6.92 Å². The van der Waals surface area contributed by atoms with E-state index < -0.39 is 0 Å². The zero-order chi connectivity index (χ0) is 11.8. The second-order valence-electron chi connectivity index (χ2n) is 5.19. The molecule has 5 nitrogen and oxygen atoms in total. The van der Waals surface area contributed by atoms with Gasteiger partial charge < -0.3 is 15.6 Å². The van der Waals surface area contributed by atoms with Gasteiger partial charge in [0.15, 0.2) is 5.82 Å². The SMILES string of the molecule is Cc1nc(N2CCCN3CCCC3C2)c(N)[nH]1. The Labute approximate surface area is 102 Å². The molecule has 3 heterocycles. The lowest BCUT2D eigenvalue weighted by atomic mass is 10.2. The van der Waals surface area contributed by atoms with Gasteiger partial charge in [-0.1, -0.05) is 0 Å². The van der Waals surface area contributed by atoms with Gasteiger partial charge in [-0.05, 0) is 32.7 Å². The van der Waals surface area contributed by atoms with Crippen molar-refractivity contribution in [2.45, 2.75) is 32.2 Å². The van der Waals surface area contributed by atoms with Crippen molar-refractivity contribution in [3.05, 3.63) is 5.82 Å². The van der Waals surface area contributed by atoms with Crippen molar-refractivity contribution >= 4 is 11.6 Å². The molecule has 1 aromatic rings. The van der Waals surface area contributed by atoms with Gasteiger partial charge in [0.1, 0.15) is 11.6 Å². The van der Waals surface area contributed by atoms with Crippen molar-refractivity contribution in [2.24, 2.45) is 0 Å². The molecule has 17 heavy (non-hydrogen) atoms.